The maximum absolute atomic E-state index is 12.3. The van der Waals surface area contributed by atoms with E-state index in [1.54, 1.807) is 30.3 Å². The minimum Gasteiger partial charge on any atom is -0.465 e. The fraction of sp³-hybridized carbons (Fsp3) is 0.222. The van der Waals surface area contributed by atoms with E-state index in [1.165, 1.54) is 18.9 Å². The number of hydrogen-bond donors (Lipinski definition) is 0. The number of thioether (sulfide) groups is 1. The van der Waals surface area contributed by atoms with Crippen molar-refractivity contribution in [2.24, 2.45) is 0 Å². The Morgan fingerprint density at radius 2 is 1.70 bits per heavy atom. The molecular formula is C18H18O4S. The first-order valence-electron chi connectivity index (χ1n) is 7.26. The summed E-state index contributed by atoms with van der Waals surface area (Å²) < 4.78 is 10.2. The molecule has 0 radical (unpaired) electrons. The normalized spacial score (nSPS) is 11.6. The quantitative estimate of drug-likeness (QED) is 0.456. The molecule has 0 saturated heterocycles. The van der Waals surface area contributed by atoms with E-state index in [1.807, 2.05) is 31.2 Å². The van der Waals surface area contributed by atoms with Gasteiger partial charge in [-0.3, -0.25) is 4.79 Å². The average Bonchev–Trinajstić information content (AvgIpc) is 2.60. The van der Waals surface area contributed by atoms with Gasteiger partial charge in [-0.15, -0.1) is 11.8 Å². The minimum atomic E-state index is -0.417. The zero-order valence-corrected chi connectivity index (χ0v) is 13.8. The van der Waals surface area contributed by atoms with Crippen molar-refractivity contribution in [3.63, 3.8) is 0 Å². The van der Waals surface area contributed by atoms with E-state index >= 15 is 0 Å². The molecule has 0 fully saturated rings. The lowest BCUT2D eigenvalue weighted by atomic mass is 10.2. The molecule has 120 valence electrons. The Kier molecular flexibility index (Phi) is 6.23. The predicted octanol–water partition coefficient (Wildman–Crippen LogP) is 3.95. The Morgan fingerprint density at radius 3 is 2.35 bits per heavy atom. The summed E-state index contributed by atoms with van der Waals surface area (Å²) in [5.74, 6) is -0.236. The number of benzene rings is 2. The molecule has 5 heteroatoms. The Labute approximate surface area is 139 Å². The van der Waals surface area contributed by atoms with Crippen molar-refractivity contribution in [2.45, 2.75) is 23.5 Å². The predicted molar refractivity (Wildman–Crippen MR) is 89.8 cm³/mol. The molecule has 0 saturated carbocycles. The van der Waals surface area contributed by atoms with Crippen LogP contribution >= 0.6 is 11.8 Å². The summed E-state index contributed by atoms with van der Waals surface area (Å²) in [6.45, 7) is 1.91. The molecular weight excluding hydrogens is 312 g/mol. The highest BCUT2D eigenvalue weighted by molar-refractivity contribution is 8.00. The van der Waals surface area contributed by atoms with Crippen molar-refractivity contribution in [3.8, 4) is 5.75 Å². The van der Waals surface area contributed by atoms with Crippen molar-refractivity contribution in [3.05, 3.63) is 60.2 Å². The molecule has 0 heterocycles. The van der Waals surface area contributed by atoms with Crippen LogP contribution in [0.15, 0.2) is 59.5 Å². The standard InChI is InChI=1S/C18H18O4S/c1-3-15(18(20)22-13-9-5-4-6-10-13)23-16-12-8-7-11-14(16)17(19)21-2/h4-12,15H,3H2,1-2H3. The van der Waals surface area contributed by atoms with E-state index in [4.69, 9.17) is 9.47 Å². The molecule has 1 atom stereocenters. The molecule has 0 spiro atoms. The van der Waals surface area contributed by atoms with Gasteiger partial charge < -0.3 is 9.47 Å². The van der Waals surface area contributed by atoms with Gasteiger partial charge in [0.25, 0.3) is 0 Å². The summed E-state index contributed by atoms with van der Waals surface area (Å²) in [5.41, 5.74) is 0.450. The van der Waals surface area contributed by atoms with Crippen LogP contribution in [-0.2, 0) is 9.53 Å². The molecule has 1 unspecified atom stereocenters. The molecule has 0 aliphatic heterocycles. The molecule has 2 aromatic rings. The summed E-state index contributed by atoms with van der Waals surface area (Å²) >= 11 is 1.31. The highest BCUT2D eigenvalue weighted by Crippen LogP contribution is 2.30. The van der Waals surface area contributed by atoms with Gasteiger partial charge in [-0.1, -0.05) is 37.3 Å². The van der Waals surface area contributed by atoms with Gasteiger partial charge in [0.1, 0.15) is 11.0 Å². The van der Waals surface area contributed by atoms with Crippen LogP contribution < -0.4 is 4.74 Å². The molecule has 0 aromatic heterocycles. The Bertz CT molecular complexity index is 670. The third kappa shape index (κ3) is 4.60. The average molecular weight is 330 g/mol. The van der Waals surface area contributed by atoms with E-state index in [0.29, 0.717) is 22.6 Å². The highest BCUT2D eigenvalue weighted by Gasteiger charge is 2.23. The van der Waals surface area contributed by atoms with Gasteiger partial charge in [-0.25, -0.2) is 4.79 Å². The van der Waals surface area contributed by atoms with Crippen LogP contribution in [0.1, 0.15) is 23.7 Å². The number of carbonyl (C=O) groups is 2. The number of methoxy groups -OCH3 is 1. The molecule has 0 aliphatic carbocycles. The zero-order chi connectivity index (χ0) is 16.7. The lowest BCUT2D eigenvalue weighted by molar-refractivity contribution is -0.133. The molecule has 0 aliphatic rings. The number of carbonyl (C=O) groups excluding carboxylic acids is 2. The van der Waals surface area contributed by atoms with E-state index in [-0.39, 0.29) is 5.97 Å². The van der Waals surface area contributed by atoms with Crippen LogP contribution in [0.25, 0.3) is 0 Å². The minimum absolute atomic E-state index is 0.330. The number of ether oxygens (including phenoxy) is 2. The first-order chi connectivity index (χ1) is 11.2. The van der Waals surface area contributed by atoms with E-state index in [9.17, 15) is 9.59 Å². The summed E-state index contributed by atoms with van der Waals surface area (Å²) in [6.07, 6.45) is 0.589. The van der Waals surface area contributed by atoms with Crippen molar-refractivity contribution in [2.75, 3.05) is 7.11 Å². The third-order valence-corrected chi connectivity index (χ3v) is 4.58. The number of esters is 2. The number of hydrogen-bond acceptors (Lipinski definition) is 5. The van der Waals surface area contributed by atoms with E-state index in [0.717, 1.165) is 0 Å². The van der Waals surface area contributed by atoms with Gasteiger partial charge in [0.05, 0.1) is 12.7 Å². The summed E-state index contributed by atoms with van der Waals surface area (Å²) in [5, 5.41) is -0.402. The molecule has 23 heavy (non-hydrogen) atoms. The van der Waals surface area contributed by atoms with E-state index < -0.39 is 11.2 Å². The smallest absolute Gasteiger partial charge is 0.338 e. The second-order valence-corrected chi connectivity index (χ2v) is 5.98. The van der Waals surface area contributed by atoms with Crippen LogP contribution in [0.4, 0.5) is 0 Å². The van der Waals surface area contributed by atoms with Gasteiger partial charge in [0, 0.05) is 4.90 Å². The monoisotopic (exact) mass is 330 g/mol. The molecule has 0 amide bonds. The van der Waals surface area contributed by atoms with Crippen molar-refractivity contribution in [1.29, 1.82) is 0 Å². The number of para-hydroxylation sites is 1. The van der Waals surface area contributed by atoms with Gasteiger partial charge in [-0.2, -0.15) is 0 Å². The van der Waals surface area contributed by atoms with Gasteiger partial charge in [-0.05, 0) is 30.7 Å². The van der Waals surface area contributed by atoms with Crippen molar-refractivity contribution in [1.82, 2.24) is 0 Å². The SMILES string of the molecule is CCC(Sc1ccccc1C(=O)OC)C(=O)Oc1ccccc1. The molecule has 0 N–H and O–H groups in total. The summed E-state index contributed by atoms with van der Waals surface area (Å²) in [7, 11) is 1.34. The van der Waals surface area contributed by atoms with E-state index in [2.05, 4.69) is 0 Å². The lowest BCUT2D eigenvalue weighted by Crippen LogP contribution is -2.22. The second-order valence-electron chi connectivity index (χ2n) is 4.74. The van der Waals surface area contributed by atoms with Crippen molar-refractivity contribution >= 4 is 23.7 Å². The maximum atomic E-state index is 12.3. The van der Waals surface area contributed by atoms with Crippen molar-refractivity contribution < 1.29 is 19.1 Å². The number of rotatable bonds is 6. The van der Waals surface area contributed by atoms with Crippen LogP contribution in [-0.4, -0.2) is 24.3 Å². The first kappa shape index (κ1) is 17.1. The second kappa shape index (κ2) is 8.39. The Hall–Kier alpha value is -2.27. The first-order valence-corrected chi connectivity index (χ1v) is 8.14. The van der Waals surface area contributed by atoms with Crippen LogP contribution in [0.5, 0.6) is 5.75 Å². The summed E-state index contributed by atoms with van der Waals surface area (Å²) in [6, 6.07) is 16.0. The largest absolute Gasteiger partial charge is 0.465 e. The van der Waals surface area contributed by atoms with Crippen LogP contribution in [0.2, 0.25) is 0 Å². The molecule has 2 rings (SSSR count). The molecule has 4 nitrogen and oxygen atoms in total. The topological polar surface area (TPSA) is 52.6 Å². The maximum Gasteiger partial charge on any atom is 0.338 e. The highest BCUT2D eigenvalue weighted by atomic mass is 32.2. The summed E-state index contributed by atoms with van der Waals surface area (Å²) in [4.78, 5) is 24.9. The van der Waals surface area contributed by atoms with Crippen LogP contribution in [0.3, 0.4) is 0 Å². The fourth-order valence-electron chi connectivity index (χ4n) is 1.97. The fourth-order valence-corrected chi connectivity index (χ4v) is 3.02. The third-order valence-electron chi connectivity index (χ3n) is 3.16. The van der Waals surface area contributed by atoms with Gasteiger partial charge in [0.15, 0.2) is 0 Å². The Balaban J connectivity index is 2.13. The van der Waals surface area contributed by atoms with Gasteiger partial charge in [0.2, 0.25) is 0 Å². The van der Waals surface area contributed by atoms with Gasteiger partial charge >= 0.3 is 11.9 Å². The zero-order valence-electron chi connectivity index (χ0n) is 13.0. The molecule has 0 bridgehead atoms. The Morgan fingerprint density at radius 1 is 1.04 bits per heavy atom. The molecule has 2 aromatic carbocycles. The lowest BCUT2D eigenvalue weighted by Gasteiger charge is -2.15. The van der Waals surface area contributed by atoms with Crippen LogP contribution in [0, 0.1) is 0 Å².